The quantitative estimate of drug-likeness (QED) is 0.656. The number of hydrogen-bond donors (Lipinski definition) is 1. The standard InChI is InChI=1S/C11H22N4O/c1-13-2-4-14(5-3-13)6-7-15-9-10(12)8-11(15)16/h10H,2-9,12H2,1H3. The van der Waals surface area contributed by atoms with Crippen molar-refractivity contribution < 1.29 is 4.79 Å². The number of amides is 1. The van der Waals surface area contributed by atoms with Crippen molar-refractivity contribution in [3.63, 3.8) is 0 Å². The Hall–Kier alpha value is -0.650. The molecule has 1 atom stereocenters. The summed E-state index contributed by atoms with van der Waals surface area (Å²) in [5.74, 6) is 0.224. The summed E-state index contributed by atoms with van der Waals surface area (Å²) in [5.41, 5.74) is 5.76. The lowest BCUT2D eigenvalue weighted by Gasteiger charge is -2.33. The third-order valence-corrected chi connectivity index (χ3v) is 3.53. The number of nitrogens with zero attached hydrogens (tertiary/aromatic N) is 3. The highest BCUT2D eigenvalue weighted by atomic mass is 16.2. The van der Waals surface area contributed by atoms with Crippen LogP contribution in [-0.2, 0) is 4.79 Å². The van der Waals surface area contributed by atoms with Gasteiger partial charge in [0, 0.05) is 58.3 Å². The molecule has 0 bridgehead atoms. The van der Waals surface area contributed by atoms with Crippen molar-refractivity contribution in [1.29, 1.82) is 0 Å². The normalized spacial score (nSPS) is 29.0. The first-order valence-electron chi connectivity index (χ1n) is 6.09. The molecule has 5 heteroatoms. The molecular formula is C11H22N4O. The first-order chi connectivity index (χ1) is 7.65. The third kappa shape index (κ3) is 2.93. The molecule has 0 spiro atoms. The Labute approximate surface area is 97.2 Å². The van der Waals surface area contributed by atoms with Gasteiger partial charge in [-0.1, -0.05) is 0 Å². The minimum Gasteiger partial charge on any atom is -0.340 e. The summed E-state index contributed by atoms with van der Waals surface area (Å²) in [5, 5.41) is 0. The molecule has 2 saturated heterocycles. The van der Waals surface area contributed by atoms with Gasteiger partial charge in [-0.05, 0) is 7.05 Å². The first-order valence-corrected chi connectivity index (χ1v) is 6.09. The van der Waals surface area contributed by atoms with Gasteiger partial charge in [0.05, 0.1) is 0 Å². The van der Waals surface area contributed by atoms with Crippen molar-refractivity contribution >= 4 is 5.91 Å². The maximum atomic E-state index is 11.5. The van der Waals surface area contributed by atoms with E-state index in [1.807, 2.05) is 4.90 Å². The summed E-state index contributed by atoms with van der Waals surface area (Å²) in [6, 6.07) is 0.0555. The molecule has 0 aromatic carbocycles. The van der Waals surface area contributed by atoms with E-state index in [0.29, 0.717) is 6.42 Å². The fourth-order valence-corrected chi connectivity index (χ4v) is 2.35. The Morgan fingerprint density at radius 3 is 2.50 bits per heavy atom. The van der Waals surface area contributed by atoms with Crippen LogP contribution in [0.15, 0.2) is 0 Å². The fraction of sp³-hybridized carbons (Fsp3) is 0.909. The van der Waals surface area contributed by atoms with Crippen LogP contribution < -0.4 is 5.73 Å². The molecule has 2 aliphatic rings. The Kier molecular flexibility index (Phi) is 3.78. The highest BCUT2D eigenvalue weighted by Crippen LogP contribution is 2.09. The molecular weight excluding hydrogens is 204 g/mol. The van der Waals surface area contributed by atoms with Crippen molar-refractivity contribution in [2.75, 3.05) is 52.9 Å². The van der Waals surface area contributed by atoms with E-state index in [2.05, 4.69) is 16.8 Å². The number of carbonyl (C=O) groups excluding carboxylic acids is 1. The number of likely N-dealkylation sites (tertiary alicyclic amines) is 1. The zero-order chi connectivity index (χ0) is 11.5. The molecule has 0 aromatic heterocycles. The summed E-state index contributed by atoms with van der Waals surface area (Å²) < 4.78 is 0. The lowest BCUT2D eigenvalue weighted by atomic mass is 10.3. The maximum absolute atomic E-state index is 11.5. The highest BCUT2D eigenvalue weighted by molar-refractivity contribution is 5.79. The second kappa shape index (κ2) is 5.12. The van der Waals surface area contributed by atoms with Gasteiger partial charge in [-0.25, -0.2) is 0 Å². The first kappa shape index (κ1) is 11.8. The topological polar surface area (TPSA) is 52.8 Å². The molecule has 0 saturated carbocycles. The number of hydrogen-bond acceptors (Lipinski definition) is 4. The van der Waals surface area contributed by atoms with Gasteiger partial charge in [0.25, 0.3) is 0 Å². The number of rotatable bonds is 3. The van der Waals surface area contributed by atoms with Crippen LogP contribution >= 0.6 is 0 Å². The van der Waals surface area contributed by atoms with E-state index in [1.165, 1.54) is 0 Å². The Morgan fingerprint density at radius 2 is 1.94 bits per heavy atom. The molecule has 16 heavy (non-hydrogen) atoms. The van der Waals surface area contributed by atoms with Crippen molar-refractivity contribution in [3.05, 3.63) is 0 Å². The molecule has 2 rings (SSSR count). The van der Waals surface area contributed by atoms with E-state index >= 15 is 0 Å². The van der Waals surface area contributed by atoms with Gasteiger partial charge >= 0.3 is 0 Å². The molecule has 5 nitrogen and oxygen atoms in total. The minimum absolute atomic E-state index is 0.0555. The van der Waals surface area contributed by atoms with Gasteiger partial charge in [-0.15, -0.1) is 0 Å². The fourth-order valence-electron chi connectivity index (χ4n) is 2.35. The average Bonchev–Trinajstić information content (AvgIpc) is 2.57. The monoisotopic (exact) mass is 226 g/mol. The van der Waals surface area contributed by atoms with Crippen LogP contribution in [0.5, 0.6) is 0 Å². The predicted molar refractivity (Wildman–Crippen MR) is 63.1 cm³/mol. The summed E-state index contributed by atoms with van der Waals surface area (Å²) in [4.78, 5) is 18.2. The molecule has 2 heterocycles. The van der Waals surface area contributed by atoms with E-state index in [0.717, 1.165) is 45.8 Å². The van der Waals surface area contributed by atoms with Crippen molar-refractivity contribution in [2.45, 2.75) is 12.5 Å². The van der Waals surface area contributed by atoms with Crippen LogP contribution in [0.1, 0.15) is 6.42 Å². The van der Waals surface area contributed by atoms with E-state index in [9.17, 15) is 4.79 Å². The van der Waals surface area contributed by atoms with E-state index in [-0.39, 0.29) is 11.9 Å². The number of nitrogens with two attached hydrogens (primary N) is 1. The average molecular weight is 226 g/mol. The second-order valence-electron chi connectivity index (χ2n) is 4.95. The smallest absolute Gasteiger partial charge is 0.224 e. The molecule has 0 aromatic rings. The van der Waals surface area contributed by atoms with Crippen molar-refractivity contribution in [3.8, 4) is 0 Å². The van der Waals surface area contributed by atoms with Crippen LogP contribution in [0.3, 0.4) is 0 Å². The minimum atomic E-state index is 0.0555. The zero-order valence-electron chi connectivity index (χ0n) is 10.1. The number of likely N-dealkylation sites (N-methyl/N-ethyl adjacent to an activating group) is 1. The van der Waals surface area contributed by atoms with E-state index in [1.54, 1.807) is 0 Å². The molecule has 0 radical (unpaired) electrons. The molecule has 2 N–H and O–H groups in total. The van der Waals surface area contributed by atoms with Gasteiger partial charge in [0.2, 0.25) is 5.91 Å². The second-order valence-corrected chi connectivity index (χ2v) is 4.95. The zero-order valence-corrected chi connectivity index (χ0v) is 10.1. The Bertz CT molecular complexity index is 250. The van der Waals surface area contributed by atoms with Crippen LogP contribution in [0.25, 0.3) is 0 Å². The van der Waals surface area contributed by atoms with Gasteiger partial charge < -0.3 is 15.5 Å². The van der Waals surface area contributed by atoms with Crippen LogP contribution in [0.4, 0.5) is 0 Å². The Balaban J connectivity index is 1.69. The lowest BCUT2D eigenvalue weighted by molar-refractivity contribution is -0.127. The Morgan fingerprint density at radius 1 is 1.25 bits per heavy atom. The number of piperazine rings is 1. The lowest BCUT2D eigenvalue weighted by Crippen LogP contribution is -2.47. The summed E-state index contributed by atoms with van der Waals surface area (Å²) in [6.07, 6.45) is 0.530. The van der Waals surface area contributed by atoms with Gasteiger partial charge in [-0.3, -0.25) is 9.69 Å². The molecule has 1 amide bonds. The van der Waals surface area contributed by atoms with Gasteiger partial charge in [-0.2, -0.15) is 0 Å². The van der Waals surface area contributed by atoms with Crippen molar-refractivity contribution in [2.24, 2.45) is 5.73 Å². The largest absolute Gasteiger partial charge is 0.340 e. The summed E-state index contributed by atoms with van der Waals surface area (Å²) >= 11 is 0. The molecule has 1 unspecified atom stereocenters. The molecule has 0 aliphatic carbocycles. The SMILES string of the molecule is CN1CCN(CCN2CC(N)CC2=O)CC1. The van der Waals surface area contributed by atoms with Crippen LogP contribution in [0, 0.1) is 0 Å². The van der Waals surface area contributed by atoms with Crippen molar-refractivity contribution in [1.82, 2.24) is 14.7 Å². The summed E-state index contributed by atoms with van der Waals surface area (Å²) in [7, 11) is 2.15. The van der Waals surface area contributed by atoms with Gasteiger partial charge in [0.1, 0.15) is 0 Å². The summed E-state index contributed by atoms with van der Waals surface area (Å²) in [6.45, 7) is 7.07. The molecule has 2 fully saturated rings. The van der Waals surface area contributed by atoms with Crippen LogP contribution in [0.2, 0.25) is 0 Å². The van der Waals surface area contributed by atoms with E-state index in [4.69, 9.17) is 5.73 Å². The highest BCUT2D eigenvalue weighted by Gasteiger charge is 2.27. The number of carbonyl (C=O) groups is 1. The predicted octanol–water partition coefficient (Wildman–Crippen LogP) is -1.21. The van der Waals surface area contributed by atoms with Crippen LogP contribution in [-0.4, -0.2) is 79.5 Å². The maximum Gasteiger partial charge on any atom is 0.224 e. The van der Waals surface area contributed by atoms with E-state index < -0.39 is 0 Å². The molecule has 2 aliphatic heterocycles. The third-order valence-electron chi connectivity index (χ3n) is 3.53. The molecule has 92 valence electrons. The van der Waals surface area contributed by atoms with Gasteiger partial charge in [0.15, 0.2) is 0 Å².